The van der Waals surface area contributed by atoms with Crippen molar-refractivity contribution in [3.8, 4) is 0 Å². The highest BCUT2D eigenvalue weighted by Gasteiger charge is 2.28. The average molecular weight is 298 g/mol. The van der Waals surface area contributed by atoms with E-state index in [1.54, 1.807) is 0 Å². The number of rotatable bonds is 2. The lowest BCUT2D eigenvalue weighted by Gasteiger charge is -2.36. The van der Waals surface area contributed by atoms with Crippen molar-refractivity contribution in [2.75, 3.05) is 18.5 Å². The smallest absolute Gasteiger partial charge is 0.0521 e. The summed E-state index contributed by atoms with van der Waals surface area (Å²) < 4.78 is 6.58. The van der Waals surface area contributed by atoms with Crippen molar-refractivity contribution in [2.45, 2.75) is 39.2 Å². The molecule has 17 heavy (non-hydrogen) atoms. The number of hydrogen-bond acceptors (Lipinski definition) is 2. The van der Waals surface area contributed by atoms with Crippen molar-refractivity contribution in [1.82, 2.24) is 0 Å². The van der Waals surface area contributed by atoms with Gasteiger partial charge in [-0.05, 0) is 66.7 Å². The molecule has 1 aliphatic rings. The molecule has 0 radical (unpaired) electrons. The highest BCUT2D eigenvalue weighted by atomic mass is 79.9. The second-order valence-corrected chi connectivity index (χ2v) is 6.02. The number of nitrogens with one attached hydrogen (secondary N) is 1. The van der Waals surface area contributed by atoms with Gasteiger partial charge >= 0.3 is 0 Å². The summed E-state index contributed by atoms with van der Waals surface area (Å²) >= 11 is 3.64. The van der Waals surface area contributed by atoms with Crippen LogP contribution in [0.1, 0.15) is 30.9 Å². The topological polar surface area (TPSA) is 21.3 Å². The van der Waals surface area contributed by atoms with Crippen molar-refractivity contribution in [1.29, 1.82) is 0 Å². The Morgan fingerprint density at radius 1 is 1.24 bits per heavy atom. The Labute approximate surface area is 112 Å². The van der Waals surface area contributed by atoms with Gasteiger partial charge in [0.1, 0.15) is 0 Å². The van der Waals surface area contributed by atoms with Crippen LogP contribution < -0.4 is 5.32 Å². The van der Waals surface area contributed by atoms with Gasteiger partial charge in [0.05, 0.1) is 5.69 Å². The van der Waals surface area contributed by atoms with Gasteiger partial charge < -0.3 is 10.1 Å². The Morgan fingerprint density at radius 3 is 2.53 bits per heavy atom. The molecule has 0 aliphatic carbocycles. The molecule has 0 saturated carbocycles. The van der Waals surface area contributed by atoms with Crippen LogP contribution >= 0.6 is 15.9 Å². The van der Waals surface area contributed by atoms with Gasteiger partial charge in [-0.3, -0.25) is 0 Å². The minimum Gasteiger partial charge on any atom is -0.381 e. The molecule has 1 heterocycles. The SMILES string of the molecule is Cc1ccc(Br)c(NC2(C)CCOCC2)c1C. The van der Waals surface area contributed by atoms with Crippen molar-refractivity contribution in [2.24, 2.45) is 0 Å². The Morgan fingerprint density at radius 2 is 1.88 bits per heavy atom. The molecule has 0 aromatic heterocycles. The first-order valence-electron chi connectivity index (χ1n) is 6.13. The molecule has 0 bridgehead atoms. The van der Waals surface area contributed by atoms with E-state index in [9.17, 15) is 0 Å². The number of benzene rings is 1. The van der Waals surface area contributed by atoms with Crippen molar-refractivity contribution < 1.29 is 4.74 Å². The summed E-state index contributed by atoms with van der Waals surface area (Å²) in [5.74, 6) is 0. The number of ether oxygens (including phenoxy) is 1. The molecule has 0 spiro atoms. The first kappa shape index (κ1) is 12.9. The summed E-state index contributed by atoms with van der Waals surface area (Å²) in [6, 6.07) is 4.27. The fourth-order valence-electron chi connectivity index (χ4n) is 2.18. The van der Waals surface area contributed by atoms with Gasteiger partial charge in [0.25, 0.3) is 0 Å². The highest BCUT2D eigenvalue weighted by Crippen LogP contribution is 2.33. The molecule has 1 aromatic rings. The normalized spacial score (nSPS) is 19.1. The van der Waals surface area contributed by atoms with Crippen LogP contribution in [0.5, 0.6) is 0 Å². The summed E-state index contributed by atoms with van der Waals surface area (Å²) in [7, 11) is 0. The molecule has 0 amide bonds. The molecule has 0 atom stereocenters. The summed E-state index contributed by atoms with van der Waals surface area (Å²) in [4.78, 5) is 0. The zero-order valence-electron chi connectivity index (χ0n) is 10.8. The van der Waals surface area contributed by atoms with Crippen LogP contribution in [-0.4, -0.2) is 18.8 Å². The van der Waals surface area contributed by atoms with Gasteiger partial charge in [-0.15, -0.1) is 0 Å². The van der Waals surface area contributed by atoms with E-state index in [2.05, 4.69) is 54.2 Å². The lowest BCUT2D eigenvalue weighted by Crippen LogP contribution is -2.41. The van der Waals surface area contributed by atoms with Crippen molar-refractivity contribution in [3.63, 3.8) is 0 Å². The summed E-state index contributed by atoms with van der Waals surface area (Å²) in [5.41, 5.74) is 4.03. The zero-order valence-corrected chi connectivity index (χ0v) is 12.4. The molecule has 2 rings (SSSR count). The molecule has 1 aliphatic heterocycles. The van der Waals surface area contributed by atoms with E-state index in [1.165, 1.54) is 16.8 Å². The van der Waals surface area contributed by atoms with Crippen LogP contribution in [0.4, 0.5) is 5.69 Å². The summed E-state index contributed by atoms with van der Waals surface area (Å²) in [6.07, 6.45) is 2.12. The Bertz CT molecular complexity index is 411. The van der Waals surface area contributed by atoms with Gasteiger partial charge in [0, 0.05) is 23.2 Å². The highest BCUT2D eigenvalue weighted by molar-refractivity contribution is 9.10. The molecular weight excluding hydrogens is 278 g/mol. The molecule has 1 N–H and O–H groups in total. The minimum absolute atomic E-state index is 0.152. The Balaban J connectivity index is 2.26. The monoisotopic (exact) mass is 297 g/mol. The molecule has 1 saturated heterocycles. The lowest BCUT2D eigenvalue weighted by molar-refractivity contribution is 0.0658. The number of halogens is 1. The van der Waals surface area contributed by atoms with E-state index in [0.29, 0.717) is 0 Å². The van der Waals surface area contributed by atoms with E-state index in [0.717, 1.165) is 30.5 Å². The van der Waals surface area contributed by atoms with Gasteiger partial charge in [-0.2, -0.15) is 0 Å². The standard InChI is InChI=1S/C14H20BrNO/c1-10-4-5-12(15)13(11(10)2)16-14(3)6-8-17-9-7-14/h4-5,16H,6-9H2,1-3H3. The average Bonchev–Trinajstić information content (AvgIpc) is 2.31. The van der Waals surface area contributed by atoms with Gasteiger partial charge in [0.2, 0.25) is 0 Å². The van der Waals surface area contributed by atoms with E-state index >= 15 is 0 Å². The molecule has 2 nitrogen and oxygen atoms in total. The maximum Gasteiger partial charge on any atom is 0.0521 e. The molecule has 1 aromatic carbocycles. The lowest BCUT2D eigenvalue weighted by atomic mass is 9.91. The number of anilines is 1. The largest absolute Gasteiger partial charge is 0.381 e. The predicted molar refractivity (Wildman–Crippen MR) is 75.7 cm³/mol. The van der Waals surface area contributed by atoms with Crippen LogP contribution in [0.2, 0.25) is 0 Å². The fourth-order valence-corrected chi connectivity index (χ4v) is 2.71. The summed E-state index contributed by atoms with van der Waals surface area (Å²) in [6.45, 7) is 8.31. The van der Waals surface area contributed by atoms with E-state index in [-0.39, 0.29) is 5.54 Å². The maximum absolute atomic E-state index is 5.44. The first-order valence-corrected chi connectivity index (χ1v) is 6.93. The number of hydrogen-bond donors (Lipinski definition) is 1. The Hall–Kier alpha value is -0.540. The van der Waals surface area contributed by atoms with E-state index in [4.69, 9.17) is 4.74 Å². The Kier molecular flexibility index (Phi) is 3.79. The maximum atomic E-state index is 5.44. The quantitative estimate of drug-likeness (QED) is 0.889. The second kappa shape index (κ2) is 4.99. The van der Waals surface area contributed by atoms with Crippen molar-refractivity contribution in [3.05, 3.63) is 27.7 Å². The van der Waals surface area contributed by atoms with E-state index < -0.39 is 0 Å². The van der Waals surface area contributed by atoms with Gasteiger partial charge in [-0.25, -0.2) is 0 Å². The number of aryl methyl sites for hydroxylation is 1. The van der Waals surface area contributed by atoms with Crippen LogP contribution in [0, 0.1) is 13.8 Å². The second-order valence-electron chi connectivity index (χ2n) is 5.16. The molecular formula is C14H20BrNO. The third-order valence-electron chi connectivity index (χ3n) is 3.71. The molecule has 3 heteroatoms. The van der Waals surface area contributed by atoms with Crippen LogP contribution in [0.3, 0.4) is 0 Å². The predicted octanol–water partition coefficient (Wildman–Crippen LogP) is 4.05. The molecule has 94 valence electrons. The van der Waals surface area contributed by atoms with Gasteiger partial charge in [0.15, 0.2) is 0 Å². The zero-order chi connectivity index (χ0) is 12.5. The third-order valence-corrected chi connectivity index (χ3v) is 4.37. The minimum atomic E-state index is 0.152. The van der Waals surface area contributed by atoms with Crippen LogP contribution in [-0.2, 0) is 4.74 Å². The molecule has 1 fully saturated rings. The van der Waals surface area contributed by atoms with Crippen LogP contribution in [0.15, 0.2) is 16.6 Å². The summed E-state index contributed by atoms with van der Waals surface area (Å²) in [5, 5.41) is 3.71. The molecule has 0 unspecified atom stereocenters. The van der Waals surface area contributed by atoms with Crippen molar-refractivity contribution >= 4 is 21.6 Å². The van der Waals surface area contributed by atoms with E-state index in [1.807, 2.05) is 0 Å². The van der Waals surface area contributed by atoms with Crippen LogP contribution in [0.25, 0.3) is 0 Å². The first-order chi connectivity index (χ1) is 8.02. The van der Waals surface area contributed by atoms with Gasteiger partial charge in [-0.1, -0.05) is 6.07 Å². The fraction of sp³-hybridized carbons (Fsp3) is 0.571. The third kappa shape index (κ3) is 2.83.